The van der Waals surface area contributed by atoms with Gasteiger partial charge in [-0.05, 0) is 50.2 Å². The molecule has 2 aromatic rings. The van der Waals surface area contributed by atoms with Crippen LogP contribution < -0.4 is 10.1 Å². The first-order valence-corrected chi connectivity index (χ1v) is 8.34. The fraction of sp³-hybridized carbons (Fsp3) is 0.300. The molecular formula is C20H23FN2O3. The quantitative estimate of drug-likeness (QED) is 0.828. The van der Waals surface area contributed by atoms with Crippen LogP contribution in [0.2, 0.25) is 0 Å². The third-order valence-electron chi connectivity index (χ3n) is 3.82. The zero-order valence-electron chi connectivity index (χ0n) is 15.2. The van der Waals surface area contributed by atoms with E-state index < -0.39 is 0 Å². The van der Waals surface area contributed by atoms with Gasteiger partial charge in [-0.2, -0.15) is 0 Å². The highest BCUT2D eigenvalue weighted by Crippen LogP contribution is 2.11. The predicted octanol–water partition coefficient (Wildman–Crippen LogP) is 2.71. The SMILES string of the molecule is Cc1cc(C)cc(C(=O)NCC(=O)N(C)CCOc2ccc(F)cc2)c1. The van der Waals surface area contributed by atoms with Crippen LogP contribution in [-0.2, 0) is 4.79 Å². The molecule has 6 heteroatoms. The highest BCUT2D eigenvalue weighted by molar-refractivity contribution is 5.96. The van der Waals surface area contributed by atoms with E-state index in [-0.39, 0.29) is 30.8 Å². The van der Waals surface area contributed by atoms with Gasteiger partial charge in [0.1, 0.15) is 18.2 Å². The molecule has 0 heterocycles. The maximum absolute atomic E-state index is 12.8. The molecule has 0 saturated heterocycles. The number of carbonyl (C=O) groups excluding carboxylic acids is 2. The first-order valence-electron chi connectivity index (χ1n) is 8.34. The monoisotopic (exact) mass is 358 g/mol. The van der Waals surface area contributed by atoms with E-state index in [1.54, 1.807) is 19.2 Å². The summed E-state index contributed by atoms with van der Waals surface area (Å²) in [5.74, 6) is -0.286. The van der Waals surface area contributed by atoms with E-state index in [0.717, 1.165) is 11.1 Å². The lowest BCUT2D eigenvalue weighted by Gasteiger charge is -2.18. The number of nitrogens with one attached hydrogen (secondary N) is 1. The van der Waals surface area contributed by atoms with Crippen LogP contribution in [0.15, 0.2) is 42.5 Å². The Morgan fingerprint density at radius 2 is 1.69 bits per heavy atom. The normalized spacial score (nSPS) is 10.3. The summed E-state index contributed by atoms with van der Waals surface area (Å²) in [5, 5.41) is 2.64. The average Bonchev–Trinajstić information content (AvgIpc) is 2.60. The van der Waals surface area contributed by atoms with E-state index in [2.05, 4.69) is 5.32 Å². The van der Waals surface area contributed by atoms with Crippen molar-refractivity contribution in [3.63, 3.8) is 0 Å². The summed E-state index contributed by atoms with van der Waals surface area (Å²) in [6.45, 7) is 4.39. The Kier molecular flexibility index (Phi) is 6.72. The number of halogens is 1. The smallest absolute Gasteiger partial charge is 0.251 e. The minimum absolute atomic E-state index is 0.0845. The molecule has 0 radical (unpaired) electrons. The zero-order valence-corrected chi connectivity index (χ0v) is 15.2. The summed E-state index contributed by atoms with van der Waals surface area (Å²) in [6.07, 6.45) is 0. The Morgan fingerprint density at radius 1 is 1.08 bits per heavy atom. The van der Waals surface area contributed by atoms with Crippen LogP contribution >= 0.6 is 0 Å². The van der Waals surface area contributed by atoms with Gasteiger partial charge in [0, 0.05) is 12.6 Å². The molecule has 5 nitrogen and oxygen atoms in total. The van der Waals surface area contributed by atoms with Crippen LogP contribution in [-0.4, -0.2) is 43.5 Å². The van der Waals surface area contributed by atoms with Gasteiger partial charge in [-0.3, -0.25) is 9.59 Å². The number of nitrogens with zero attached hydrogens (tertiary/aromatic N) is 1. The van der Waals surface area contributed by atoms with Crippen molar-refractivity contribution in [1.82, 2.24) is 10.2 Å². The number of likely N-dealkylation sites (N-methyl/N-ethyl adjacent to an activating group) is 1. The van der Waals surface area contributed by atoms with Crippen LogP contribution in [0.4, 0.5) is 4.39 Å². The molecule has 0 spiro atoms. The molecule has 0 aromatic heterocycles. The van der Waals surface area contributed by atoms with E-state index >= 15 is 0 Å². The van der Waals surface area contributed by atoms with E-state index in [9.17, 15) is 14.0 Å². The van der Waals surface area contributed by atoms with Gasteiger partial charge in [-0.1, -0.05) is 17.2 Å². The van der Waals surface area contributed by atoms with Crippen LogP contribution in [0, 0.1) is 19.7 Å². The van der Waals surface area contributed by atoms with Crippen molar-refractivity contribution in [2.24, 2.45) is 0 Å². The molecule has 138 valence electrons. The highest BCUT2D eigenvalue weighted by Gasteiger charge is 2.12. The molecule has 0 fully saturated rings. The second-order valence-electron chi connectivity index (χ2n) is 6.18. The Labute approximate surface area is 152 Å². The van der Waals surface area contributed by atoms with Gasteiger partial charge < -0.3 is 15.0 Å². The molecule has 2 aromatic carbocycles. The Bertz CT molecular complexity index is 755. The Morgan fingerprint density at radius 3 is 2.31 bits per heavy atom. The van der Waals surface area contributed by atoms with Crippen LogP contribution in [0.25, 0.3) is 0 Å². The fourth-order valence-corrected chi connectivity index (χ4v) is 2.45. The van der Waals surface area contributed by atoms with E-state index in [4.69, 9.17) is 4.74 Å². The third kappa shape index (κ3) is 5.88. The largest absolute Gasteiger partial charge is 0.492 e. The second kappa shape index (κ2) is 8.99. The number of ether oxygens (including phenoxy) is 1. The number of rotatable bonds is 7. The van der Waals surface area contributed by atoms with Gasteiger partial charge in [0.05, 0.1) is 13.1 Å². The first-order chi connectivity index (χ1) is 12.3. The van der Waals surface area contributed by atoms with Gasteiger partial charge in [0.25, 0.3) is 5.91 Å². The van der Waals surface area contributed by atoms with Crippen molar-refractivity contribution in [1.29, 1.82) is 0 Å². The van der Waals surface area contributed by atoms with Crippen LogP contribution in [0.5, 0.6) is 5.75 Å². The zero-order chi connectivity index (χ0) is 19.1. The number of hydrogen-bond acceptors (Lipinski definition) is 3. The van der Waals surface area contributed by atoms with Gasteiger partial charge in [0.2, 0.25) is 5.91 Å². The molecule has 0 atom stereocenters. The molecule has 0 saturated carbocycles. The molecular weight excluding hydrogens is 335 g/mol. The Balaban J connectivity index is 1.75. The molecule has 0 bridgehead atoms. The molecule has 0 unspecified atom stereocenters. The molecule has 0 aliphatic heterocycles. The fourth-order valence-electron chi connectivity index (χ4n) is 2.45. The average molecular weight is 358 g/mol. The predicted molar refractivity (Wildman–Crippen MR) is 97.8 cm³/mol. The van der Waals surface area contributed by atoms with Crippen LogP contribution in [0.1, 0.15) is 21.5 Å². The number of aryl methyl sites for hydroxylation is 2. The lowest BCUT2D eigenvalue weighted by atomic mass is 10.1. The maximum atomic E-state index is 12.8. The van der Waals surface area contributed by atoms with Gasteiger partial charge in [-0.25, -0.2) is 4.39 Å². The molecule has 1 N–H and O–H groups in total. The minimum Gasteiger partial charge on any atom is -0.492 e. The van der Waals surface area contributed by atoms with Crippen molar-refractivity contribution < 1.29 is 18.7 Å². The number of carbonyl (C=O) groups is 2. The second-order valence-corrected chi connectivity index (χ2v) is 6.18. The van der Waals surface area contributed by atoms with Crippen LogP contribution in [0.3, 0.4) is 0 Å². The van der Waals surface area contributed by atoms with Crippen molar-refractivity contribution in [2.45, 2.75) is 13.8 Å². The standard InChI is InChI=1S/C20H23FN2O3/c1-14-10-15(2)12-16(11-14)20(25)22-13-19(24)23(3)8-9-26-18-6-4-17(21)5-7-18/h4-7,10-12H,8-9,13H2,1-3H3,(H,22,25). The number of hydrogen-bond donors (Lipinski definition) is 1. The lowest BCUT2D eigenvalue weighted by Crippen LogP contribution is -2.39. The van der Waals surface area contributed by atoms with Crippen molar-refractivity contribution in [3.05, 3.63) is 65.0 Å². The van der Waals surface area contributed by atoms with Crippen molar-refractivity contribution in [2.75, 3.05) is 26.7 Å². The molecule has 2 rings (SSSR count). The van der Waals surface area contributed by atoms with Crippen molar-refractivity contribution >= 4 is 11.8 Å². The van der Waals surface area contributed by atoms with Gasteiger partial charge in [-0.15, -0.1) is 0 Å². The number of benzene rings is 2. The third-order valence-corrected chi connectivity index (χ3v) is 3.82. The lowest BCUT2D eigenvalue weighted by molar-refractivity contribution is -0.129. The topological polar surface area (TPSA) is 58.6 Å². The highest BCUT2D eigenvalue weighted by atomic mass is 19.1. The van der Waals surface area contributed by atoms with E-state index in [0.29, 0.717) is 17.9 Å². The molecule has 26 heavy (non-hydrogen) atoms. The van der Waals surface area contributed by atoms with E-state index in [1.165, 1.54) is 29.2 Å². The Hall–Kier alpha value is -2.89. The minimum atomic E-state index is -0.329. The summed E-state index contributed by atoms with van der Waals surface area (Å²) >= 11 is 0. The van der Waals surface area contributed by atoms with Gasteiger partial charge >= 0.3 is 0 Å². The summed E-state index contributed by atoms with van der Waals surface area (Å²) in [7, 11) is 1.64. The first kappa shape index (κ1) is 19.4. The molecule has 2 amide bonds. The van der Waals surface area contributed by atoms with Crippen molar-refractivity contribution in [3.8, 4) is 5.75 Å². The maximum Gasteiger partial charge on any atom is 0.251 e. The summed E-state index contributed by atoms with van der Waals surface area (Å²) < 4.78 is 18.3. The molecule has 0 aliphatic carbocycles. The van der Waals surface area contributed by atoms with Gasteiger partial charge in [0.15, 0.2) is 0 Å². The molecule has 0 aliphatic rings. The summed E-state index contributed by atoms with van der Waals surface area (Å²) in [6, 6.07) is 11.2. The number of amides is 2. The summed E-state index contributed by atoms with van der Waals surface area (Å²) in [4.78, 5) is 25.7. The van der Waals surface area contributed by atoms with E-state index in [1.807, 2.05) is 19.9 Å². The summed E-state index contributed by atoms with van der Waals surface area (Å²) in [5.41, 5.74) is 2.53.